The van der Waals surface area contributed by atoms with E-state index in [1.54, 1.807) is 18.2 Å². The van der Waals surface area contributed by atoms with Crippen LogP contribution in [-0.2, 0) is 12.7 Å². The standard InChI is InChI=1S/C24H24F3N3O2/c25-24(26,27)16-5-3-4-15(12-16)14-28-23(32)20-13-22(29-17-8-10-18(31)11-9-17)30-21-7-2-1-6-19(20)21/h1-7,12-13,17-18,31H,8-11,14H2,(H,28,32)(H,29,30). The molecule has 1 amide bonds. The minimum atomic E-state index is -4.43. The molecule has 8 heteroatoms. The van der Waals surface area contributed by atoms with Gasteiger partial charge in [0.2, 0.25) is 0 Å². The average molecular weight is 443 g/mol. The molecule has 32 heavy (non-hydrogen) atoms. The molecule has 4 rings (SSSR count). The summed E-state index contributed by atoms with van der Waals surface area (Å²) in [5, 5.41) is 16.5. The first-order valence-electron chi connectivity index (χ1n) is 10.6. The number of nitrogens with zero attached hydrogens (tertiary/aromatic N) is 1. The summed E-state index contributed by atoms with van der Waals surface area (Å²) in [6, 6.07) is 14.0. The summed E-state index contributed by atoms with van der Waals surface area (Å²) in [4.78, 5) is 17.6. The lowest BCUT2D eigenvalue weighted by molar-refractivity contribution is -0.137. The van der Waals surface area contributed by atoms with Gasteiger partial charge in [0.15, 0.2) is 0 Å². The largest absolute Gasteiger partial charge is 0.416 e. The normalized spacial score (nSPS) is 19.0. The molecule has 0 atom stereocenters. The number of rotatable bonds is 5. The molecule has 0 aliphatic heterocycles. The second-order valence-electron chi connectivity index (χ2n) is 8.10. The highest BCUT2D eigenvalue weighted by Gasteiger charge is 2.30. The van der Waals surface area contributed by atoms with E-state index >= 15 is 0 Å². The Balaban J connectivity index is 1.54. The Hall–Kier alpha value is -3.13. The molecule has 1 aliphatic rings. The number of benzene rings is 2. The first-order valence-corrected chi connectivity index (χ1v) is 10.6. The number of amides is 1. The topological polar surface area (TPSA) is 74.2 Å². The number of hydrogen-bond acceptors (Lipinski definition) is 4. The SMILES string of the molecule is O=C(NCc1cccc(C(F)(F)F)c1)c1cc(NC2CCC(O)CC2)nc2ccccc12. The number of carbonyl (C=O) groups excluding carboxylic acids is 1. The Morgan fingerprint density at radius 3 is 2.53 bits per heavy atom. The van der Waals surface area contributed by atoms with E-state index in [0.717, 1.165) is 37.8 Å². The highest BCUT2D eigenvalue weighted by Crippen LogP contribution is 2.30. The fourth-order valence-electron chi connectivity index (χ4n) is 4.00. The molecule has 1 fully saturated rings. The number of nitrogens with one attached hydrogen (secondary N) is 2. The predicted molar refractivity (Wildman–Crippen MR) is 116 cm³/mol. The number of anilines is 1. The molecule has 0 bridgehead atoms. The van der Waals surface area contributed by atoms with Crippen LogP contribution in [-0.4, -0.2) is 28.1 Å². The molecule has 1 aliphatic carbocycles. The Labute approximate surface area is 183 Å². The van der Waals surface area contributed by atoms with Crippen LogP contribution in [0.1, 0.15) is 47.2 Å². The van der Waals surface area contributed by atoms with Crippen LogP contribution < -0.4 is 10.6 Å². The van der Waals surface area contributed by atoms with E-state index in [1.807, 2.05) is 18.2 Å². The van der Waals surface area contributed by atoms with E-state index in [2.05, 4.69) is 15.6 Å². The van der Waals surface area contributed by atoms with Crippen molar-refractivity contribution < 1.29 is 23.1 Å². The maximum absolute atomic E-state index is 13.0. The minimum Gasteiger partial charge on any atom is -0.393 e. The lowest BCUT2D eigenvalue weighted by atomic mass is 9.93. The second kappa shape index (κ2) is 9.16. The van der Waals surface area contributed by atoms with Crippen molar-refractivity contribution >= 4 is 22.6 Å². The van der Waals surface area contributed by atoms with E-state index in [1.165, 1.54) is 6.07 Å². The zero-order valence-electron chi connectivity index (χ0n) is 17.3. The van der Waals surface area contributed by atoms with Crippen molar-refractivity contribution in [2.24, 2.45) is 0 Å². The molecule has 3 N–H and O–H groups in total. The van der Waals surface area contributed by atoms with Gasteiger partial charge in [-0.25, -0.2) is 4.98 Å². The maximum atomic E-state index is 13.0. The third-order valence-corrected chi connectivity index (χ3v) is 5.72. The average Bonchev–Trinajstić information content (AvgIpc) is 2.78. The van der Waals surface area contributed by atoms with Gasteiger partial charge in [0, 0.05) is 18.0 Å². The zero-order chi connectivity index (χ0) is 22.7. The third-order valence-electron chi connectivity index (χ3n) is 5.72. The van der Waals surface area contributed by atoms with Crippen LogP contribution >= 0.6 is 0 Å². The summed E-state index contributed by atoms with van der Waals surface area (Å²) >= 11 is 0. The van der Waals surface area contributed by atoms with Crippen molar-refractivity contribution in [3.63, 3.8) is 0 Å². The fourth-order valence-corrected chi connectivity index (χ4v) is 4.00. The first-order chi connectivity index (χ1) is 15.3. The van der Waals surface area contributed by atoms with Crippen molar-refractivity contribution in [1.29, 1.82) is 0 Å². The Bertz CT molecular complexity index is 1110. The number of carbonyl (C=O) groups is 1. The Morgan fingerprint density at radius 1 is 1.03 bits per heavy atom. The Kier molecular flexibility index (Phi) is 6.32. The molecule has 1 heterocycles. The van der Waals surface area contributed by atoms with Crippen LogP contribution in [0.2, 0.25) is 0 Å². The van der Waals surface area contributed by atoms with E-state index in [0.29, 0.717) is 27.8 Å². The number of pyridine rings is 1. The number of alkyl halides is 3. The maximum Gasteiger partial charge on any atom is 0.416 e. The summed E-state index contributed by atoms with van der Waals surface area (Å²) in [7, 11) is 0. The van der Waals surface area contributed by atoms with Gasteiger partial charge >= 0.3 is 6.18 Å². The fraction of sp³-hybridized carbons (Fsp3) is 0.333. The molecule has 1 aromatic heterocycles. The Morgan fingerprint density at radius 2 is 1.78 bits per heavy atom. The van der Waals surface area contributed by atoms with Gasteiger partial charge in [-0.2, -0.15) is 13.2 Å². The molecule has 0 unspecified atom stereocenters. The minimum absolute atomic E-state index is 0.0251. The van der Waals surface area contributed by atoms with Gasteiger partial charge in [-0.15, -0.1) is 0 Å². The van der Waals surface area contributed by atoms with Crippen molar-refractivity contribution in [2.45, 2.75) is 50.6 Å². The van der Waals surface area contributed by atoms with Crippen molar-refractivity contribution in [3.05, 3.63) is 71.3 Å². The number of hydrogen-bond donors (Lipinski definition) is 3. The number of aromatic nitrogens is 1. The van der Waals surface area contributed by atoms with Gasteiger partial charge in [-0.1, -0.05) is 30.3 Å². The number of fused-ring (bicyclic) bond motifs is 1. The molecule has 3 aromatic rings. The molecule has 0 spiro atoms. The summed E-state index contributed by atoms with van der Waals surface area (Å²) in [6.45, 7) is -0.0251. The van der Waals surface area contributed by atoms with Crippen LogP contribution in [0.3, 0.4) is 0 Å². The number of aliphatic hydroxyl groups excluding tert-OH is 1. The van der Waals surface area contributed by atoms with Gasteiger partial charge < -0.3 is 15.7 Å². The van der Waals surface area contributed by atoms with Crippen molar-refractivity contribution in [1.82, 2.24) is 10.3 Å². The van der Waals surface area contributed by atoms with Crippen LogP contribution in [0.4, 0.5) is 19.0 Å². The van der Waals surface area contributed by atoms with Gasteiger partial charge in [-0.3, -0.25) is 4.79 Å². The summed E-state index contributed by atoms with van der Waals surface area (Å²) < 4.78 is 38.8. The number of halogens is 3. The predicted octanol–water partition coefficient (Wildman–Crippen LogP) is 4.90. The number of para-hydroxylation sites is 1. The van der Waals surface area contributed by atoms with Gasteiger partial charge in [0.1, 0.15) is 5.82 Å². The summed E-state index contributed by atoms with van der Waals surface area (Å²) in [6.07, 6.45) is -1.64. The quantitative estimate of drug-likeness (QED) is 0.525. The van der Waals surface area contributed by atoms with E-state index in [-0.39, 0.29) is 24.6 Å². The van der Waals surface area contributed by atoms with Crippen LogP contribution in [0.25, 0.3) is 10.9 Å². The molecular formula is C24H24F3N3O2. The second-order valence-corrected chi connectivity index (χ2v) is 8.10. The summed E-state index contributed by atoms with van der Waals surface area (Å²) in [5.41, 5.74) is 0.673. The molecular weight excluding hydrogens is 419 g/mol. The third kappa shape index (κ3) is 5.19. The lowest BCUT2D eigenvalue weighted by Crippen LogP contribution is -2.29. The van der Waals surface area contributed by atoms with Crippen LogP contribution in [0.5, 0.6) is 0 Å². The van der Waals surface area contributed by atoms with Gasteiger partial charge in [0.05, 0.1) is 22.7 Å². The monoisotopic (exact) mass is 443 g/mol. The lowest BCUT2D eigenvalue weighted by Gasteiger charge is -2.26. The van der Waals surface area contributed by atoms with Gasteiger partial charge in [-0.05, 0) is 55.5 Å². The van der Waals surface area contributed by atoms with Crippen LogP contribution in [0, 0.1) is 0 Å². The van der Waals surface area contributed by atoms with Crippen molar-refractivity contribution in [3.8, 4) is 0 Å². The molecule has 168 valence electrons. The molecule has 2 aromatic carbocycles. The van der Waals surface area contributed by atoms with Crippen LogP contribution in [0.15, 0.2) is 54.6 Å². The van der Waals surface area contributed by atoms with E-state index < -0.39 is 11.7 Å². The molecule has 1 saturated carbocycles. The highest BCUT2D eigenvalue weighted by molar-refractivity contribution is 6.06. The highest BCUT2D eigenvalue weighted by atomic mass is 19.4. The smallest absolute Gasteiger partial charge is 0.393 e. The zero-order valence-corrected chi connectivity index (χ0v) is 17.3. The van der Waals surface area contributed by atoms with E-state index in [9.17, 15) is 23.1 Å². The number of aliphatic hydroxyl groups is 1. The molecule has 0 radical (unpaired) electrons. The molecule has 0 saturated heterocycles. The van der Waals surface area contributed by atoms with Gasteiger partial charge in [0.25, 0.3) is 5.91 Å². The molecule has 5 nitrogen and oxygen atoms in total. The van der Waals surface area contributed by atoms with Crippen molar-refractivity contribution in [2.75, 3.05) is 5.32 Å². The van der Waals surface area contributed by atoms with E-state index in [4.69, 9.17) is 0 Å². The summed E-state index contributed by atoms with van der Waals surface area (Å²) in [5.74, 6) is 0.178. The first kappa shape index (κ1) is 22.1.